The van der Waals surface area contributed by atoms with Gasteiger partial charge in [0, 0.05) is 23.7 Å². The van der Waals surface area contributed by atoms with Crippen LogP contribution < -0.4 is 19.5 Å². The number of carbonyl (C=O) groups excluding carboxylic acids is 2. The van der Waals surface area contributed by atoms with Crippen molar-refractivity contribution in [2.24, 2.45) is 5.92 Å². The lowest BCUT2D eigenvalue weighted by atomic mass is 9.71. The van der Waals surface area contributed by atoms with E-state index in [2.05, 4.69) is 11.4 Å². The average Bonchev–Trinajstić information content (AvgIpc) is 3.30. The number of rotatable bonds is 5. The zero-order chi connectivity index (χ0) is 22.9. The van der Waals surface area contributed by atoms with Crippen molar-refractivity contribution in [3.63, 3.8) is 0 Å². The molecule has 2 atom stereocenters. The van der Waals surface area contributed by atoms with Gasteiger partial charge in [-0.2, -0.15) is 0 Å². The molecule has 0 spiro atoms. The molecule has 2 aromatic rings. The first kappa shape index (κ1) is 21.1. The number of nitrogens with one attached hydrogen (secondary N) is 1. The van der Waals surface area contributed by atoms with E-state index in [9.17, 15) is 9.59 Å². The number of benzene rings is 2. The number of methoxy groups -OCH3 is 1. The van der Waals surface area contributed by atoms with Crippen LogP contribution in [0.4, 0.5) is 0 Å². The second-order valence-corrected chi connectivity index (χ2v) is 8.32. The van der Waals surface area contributed by atoms with Gasteiger partial charge in [0.1, 0.15) is 18.1 Å². The lowest BCUT2D eigenvalue weighted by Crippen LogP contribution is -2.40. The molecule has 0 aromatic heterocycles. The monoisotopic (exact) mass is 447 g/mol. The van der Waals surface area contributed by atoms with Crippen LogP contribution in [0, 0.1) is 5.92 Å². The number of esters is 1. The first-order valence-electron chi connectivity index (χ1n) is 11.0. The van der Waals surface area contributed by atoms with E-state index in [4.69, 9.17) is 18.9 Å². The number of allylic oxidation sites excluding steroid dienone is 3. The van der Waals surface area contributed by atoms with E-state index in [1.165, 1.54) is 0 Å². The summed E-state index contributed by atoms with van der Waals surface area (Å²) in [6, 6.07) is 12.9. The Hall–Kier alpha value is -3.74. The Balaban J connectivity index is 1.48. The van der Waals surface area contributed by atoms with Crippen molar-refractivity contribution < 1.29 is 28.5 Å². The fourth-order valence-electron chi connectivity index (χ4n) is 4.70. The van der Waals surface area contributed by atoms with Crippen molar-refractivity contribution >= 4 is 11.8 Å². The summed E-state index contributed by atoms with van der Waals surface area (Å²) in [6.45, 7) is 2.12. The number of hydrogen-bond donors (Lipinski definition) is 1. The molecule has 170 valence electrons. The van der Waals surface area contributed by atoms with Crippen LogP contribution in [0.3, 0.4) is 0 Å². The molecule has 7 heteroatoms. The van der Waals surface area contributed by atoms with Gasteiger partial charge in [0.05, 0.1) is 18.6 Å². The molecule has 33 heavy (non-hydrogen) atoms. The minimum absolute atomic E-state index is 0.107. The van der Waals surface area contributed by atoms with Crippen LogP contribution in [0.25, 0.3) is 0 Å². The second-order valence-electron chi connectivity index (χ2n) is 8.32. The van der Waals surface area contributed by atoms with Gasteiger partial charge in [-0.15, -0.1) is 0 Å². The molecule has 1 N–H and O–H groups in total. The summed E-state index contributed by atoms with van der Waals surface area (Å²) in [5, 5.41) is 3.29. The van der Waals surface area contributed by atoms with Crippen LogP contribution in [-0.2, 0) is 20.9 Å². The maximum absolute atomic E-state index is 13.4. The molecule has 0 amide bonds. The van der Waals surface area contributed by atoms with E-state index in [0.717, 1.165) is 22.6 Å². The molecule has 0 radical (unpaired) electrons. The minimum Gasteiger partial charge on any atom is -0.497 e. The summed E-state index contributed by atoms with van der Waals surface area (Å²) in [5.74, 6) is 0.727. The van der Waals surface area contributed by atoms with Crippen LogP contribution in [0.1, 0.15) is 36.8 Å². The quantitative estimate of drug-likeness (QED) is 0.694. The van der Waals surface area contributed by atoms with Gasteiger partial charge < -0.3 is 24.3 Å². The Kier molecular flexibility index (Phi) is 5.54. The highest BCUT2D eigenvalue weighted by molar-refractivity contribution is 5.96. The van der Waals surface area contributed by atoms with Gasteiger partial charge >= 0.3 is 5.97 Å². The molecule has 3 aliphatic rings. The maximum Gasteiger partial charge on any atom is 0.336 e. The van der Waals surface area contributed by atoms with Crippen molar-refractivity contribution in [1.82, 2.24) is 5.32 Å². The highest BCUT2D eigenvalue weighted by atomic mass is 16.7. The van der Waals surface area contributed by atoms with Crippen molar-refractivity contribution in [2.45, 2.75) is 32.3 Å². The molecule has 0 saturated carbocycles. The average molecular weight is 447 g/mol. The molecule has 2 aliphatic heterocycles. The molecular weight excluding hydrogens is 422 g/mol. The topological polar surface area (TPSA) is 83.1 Å². The predicted octanol–water partition coefficient (Wildman–Crippen LogP) is 3.99. The van der Waals surface area contributed by atoms with Crippen LogP contribution in [0.5, 0.6) is 17.2 Å². The molecule has 2 heterocycles. The van der Waals surface area contributed by atoms with E-state index in [0.29, 0.717) is 35.6 Å². The van der Waals surface area contributed by atoms with Gasteiger partial charge in [0.2, 0.25) is 6.79 Å². The first-order valence-corrected chi connectivity index (χ1v) is 11.0. The van der Waals surface area contributed by atoms with E-state index in [1.807, 2.05) is 49.4 Å². The van der Waals surface area contributed by atoms with E-state index < -0.39 is 17.8 Å². The molecule has 1 aliphatic carbocycles. The lowest BCUT2D eigenvalue weighted by molar-refractivity contribution is -0.141. The maximum atomic E-state index is 13.4. The van der Waals surface area contributed by atoms with E-state index >= 15 is 0 Å². The zero-order valence-corrected chi connectivity index (χ0v) is 18.6. The molecule has 0 saturated heterocycles. The number of ketones is 1. The predicted molar refractivity (Wildman–Crippen MR) is 120 cm³/mol. The van der Waals surface area contributed by atoms with Gasteiger partial charge in [-0.25, -0.2) is 4.79 Å². The summed E-state index contributed by atoms with van der Waals surface area (Å²) in [6.07, 6.45) is 3.19. The summed E-state index contributed by atoms with van der Waals surface area (Å²) in [4.78, 5) is 26.4. The Morgan fingerprint density at radius 1 is 1.09 bits per heavy atom. The highest BCUT2D eigenvalue weighted by Crippen LogP contribution is 2.46. The summed E-state index contributed by atoms with van der Waals surface area (Å²) < 4.78 is 21.9. The normalized spacial score (nSPS) is 21.2. The van der Waals surface area contributed by atoms with Crippen LogP contribution in [0.2, 0.25) is 0 Å². The van der Waals surface area contributed by atoms with Crippen molar-refractivity contribution in [3.05, 3.63) is 76.6 Å². The third-order valence-electron chi connectivity index (χ3n) is 6.32. The smallest absolute Gasteiger partial charge is 0.336 e. The van der Waals surface area contributed by atoms with Gasteiger partial charge in [-0.1, -0.05) is 24.3 Å². The van der Waals surface area contributed by atoms with Crippen LogP contribution in [-0.4, -0.2) is 25.7 Å². The Morgan fingerprint density at radius 3 is 2.67 bits per heavy atom. The van der Waals surface area contributed by atoms with Gasteiger partial charge in [-0.3, -0.25) is 4.79 Å². The number of ether oxygens (including phenoxy) is 4. The fourth-order valence-corrected chi connectivity index (χ4v) is 4.70. The number of hydrogen-bond acceptors (Lipinski definition) is 7. The molecule has 7 nitrogen and oxygen atoms in total. The number of fused-ring (bicyclic) bond motifs is 2. The molecule has 2 unspecified atom stereocenters. The summed E-state index contributed by atoms with van der Waals surface area (Å²) in [7, 11) is 1.60. The Bertz CT molecular complexity index is 1160. The van der Waals surface area contributed by atoms with E-state index in [1.54, 1.807) is 7.11 Å². The fraction of sp³-hybridized carbons (Fsp3) is 0.308. The minimum atomic E-state index is -0.469. The third kappa shape index (κ3) is 3.95. The van der Waals surface area contributed by atoms with E-state index in [-0.39, 0.29) is 19.2 Å². The standard InChI is InChI=1S/C26H25NO6/c1-15-23(26(29)31-13-16-6-9-18(30-2)10-7-16)24(25-19(27-15)4-3-5-20(25)28)17-8-11-21-22(12-17)33-14-32-21/h4,6-12,24-25,27H,3,5,13-14H2,1-2H3. The lowest BCUT2D eigenvalue weighted by Gasteiger charge is -2.38. The van der Waals surface area contributed by atoms with Gasteiger partial charge in [0.25, 0.3) is 0 Å². The van der Waals surface area contributed by atoms with Crippen molar-refractivity contribution in [1.29, 1.82) is 0 Å². The van der Waals surface area contributed by atoms with Gasteiger partial charge in [0.15, 0.2) is 11.5 Å². The largest absolute Gasteiger partial charge is 0.497 e. The molecular formula is C26H25NO6. The van der Waals surface area contributed by atoms with Crippen LogP contribution >= 0.6 is 0 Å². The molecule has 0 bridgehead atoms. The SMILES string of the molecule is COc1ccc(COC(=O)C2=C(C)NC3=CCCC(=O)C3C2c2ccc3c(c2)OCO3)cc1. The van der Waals surface area contributed by atoms with Crippen molar-refractivity contribution in [3.8, 4) is 17.2 Å². The second kappa shape index (κ2) is 8.65. The number of Topliss-reactive ketones (excluding diaryl/α,β-unsaturated/α-hetero) is 1. The van der Waals surface area contributed by atoms with Crippen LogP contribution in [0.15, 0.2) is 65.5 Å². The Labute approximate surface area is 192 Å². The first-order chi connectivity index (χ1) is 16.0. The highest BCUT2D eigenvalue weighted by Gasteiger charge is 2.43. The molecule has 5 rings (SSSR count). The zero-order valence-electron chi connectivity index (χ0n) is 18.6. The summed E-state index contributed by atoms with van der Waals surface area (Å²) >= 11 is 0. The molecule has 0 fully saturated rings. The number of carbonyl (C=O) groups is 2. The Morgan fingerprint density at radius 2 is 1.88 bits per heavy atom. The van der Waals surface area contributed by atoms with Crippen molar-refractivity contribution in [2.75, 3.05) is 13.9 Å². The molecule has 2 aromatic carbocycles. The summed E-state index contributed by atoms with van der Waals surface area (Å²) in [5.41, 5.74) is 3.66. The third-order valence-corrected chi connectivity index (χ3v) is 6.32. The van der Waals surface area contributed by atoms with Gasteiger partial charge in [-0.05, 0) is 48.7 Å².